The molecule has 0 amide bonds. The van der Waals surface area contributed by atoms with Crippen LogP contribution in [-0.2, 0) is 4.84 Å². The molecule has 9 heavy (non-hydrogen) atoms. The van der Waals surface area contributed by atoms with E-state index in [1.165, 1.54) is 0 Å². The van der Waals surface area contributed by atoms with Gasteiger partial charge in [0.25, 0.3) is 0 Å². The molecular weight excluding hydrogens is 114 g/mol. The maximum Gasteiger partial charge on any atom is 0.116 e. The molecule has 0 saturated carbocycles. The van der Waals surface area contributed by atoms with E-state index in [0.29, 0.717) is 5.92 Å². The molecule has 54 valence electrons. The molecule has 0 spiro atoms. The van der Waals surface area contributed by atoms with Crippen LogP contribution in [0.25, 0.3) is 0 Å². The minimum Gasteiger partial charge on any atom is -0.396 e. The Balaban J connectivity index is 3.04. The molecule has 0 radical (unpaired) electrons. The quantitative estimate of drug-likeness (QED) is 0.323. The predicted molar refractivity (Wildman–Crippen MR) is 39.6 cm³/mol. The molecule has 2 nitrogen and oxygen atoms in total. The zero-order valence-electron chi connectivity index (χ0n) is 6.42. The Kier molecular flexibility index (Phi) is 5.27. The van der Waals surface area contributed by atoms with Crippen molar-refractivity contribution in [2.75, 3.05) is 6.61 Å². The van der Waals surface area contributed by atoms with Gasteiger partial charge in [-0.15, -0.1) is 0 Å². The van der Waals surface area contributed by atoms with Crippen molar-refractivity contribution in [2.24, 2.45) is 11.1 Å². The zero-order valence-corrected chi connectivity index (χ0v) is 6.42. The van der Waals surface area contributed by atoms with Gasteiger partial charge in [0, 0.05) is 6.21 Å². The Morgan fingerprint density at radius 1 is 1.56 bits per heavy atom. The van der Waals surface area contributed by atoms with Crippen LogP contribution < -0.4 is 0 Å². The Morgan fingerprint density at radius 2 is 2.22 bits per heavy atom. The van der Waals surface area contributed by atoms with Crippen molar-refractivity contribution in [3.8, 4) is 0 Å². The molecule has 0 saturated heterocycles. The normalized spacial score (nSPS) is 11.1. The first kappa shape index (κ1) is 8.47. The van der Waals surface area contributed by atoms with Gasteiger partial charge in [-0.25, -0.2) is 0 Å². The smallest absolute Gasteiger partial charge is 0.116 e. The molecule has 0 rings (SSSR count). The minimum absolute atomic E-state index is 0.488. The Morgan fingerprint density at radius 3 is 2.67 bits per heavy atom. The summed E-state index contributed by atoms with van der Waals surface area (Å²) in [6.45, 7) is 6.92. The predicted octanol–water partition coefficient (Wildman–Crippen LogP) is 2.05. The van der Waals surface area contributed by atoms with E-state index in [0.717, 1.165) is 13.0 Å². The lowest BCUT2D eigenvalue weighted by Gasteiger charge is -1.94. The van der Waals surface area contributed by atoms with Crippen LogP contribution in [0.4, 0.5) is 0 Å². The van der Waals surface area contributed by atoms with Gasteiger partial charge in [0.2, 0.25) is 0 Å². The molecule has 0 atom stereocenters. The van der Waals surface area contributed by atoms with Crippen molar-refractivity contribution in [2.45, 2.75) is 27.2 Å². The number of hydrogen-bond acceptors (Lipinski definition) is 2. The van der Waals surface area contributed by atoms with E-state index < -0.39 is 0 Å². The minimum atomic E-state index is 0.488. The lowest BCUT2D eigenvalue weighted by atomic mass is 10.3. The van der Waals surface area contributed by atoms with Crippen LogP contribution in [0.1, 0.15) is 27.2 Å². The lowest BCUT2D eigenvalue weighted by molar-refractivity contribution is 0.145. The zero-order chi connectivity index (χ0) is 7.11. The van der Waals surface area contributed by atoms with E-state index in [9.17, 15) is 0 Å². The third-order valence-corrected chi connectivity index (χ3v) is 0.729. The molecule has 2 heteroatoms. The average Bonchev–Trinajstić information content (AvgIpc) is 1.80. The third kappa shape index (κ3) is 7.47. The average molecular weight is 129 g/mol. The van der Waals surface area contributed by atoms with Crippen LogP contribution in [0.5, 0.6) is 0 Å². The molecular formula is C7H15NO. The first-order valence-corrected chi connectivity index (χ1v) is 3.42. The summed E-state index contributed by atoms with van der Waals surface area (Å²) in [7, 11) is 0. The molecule has 0 N–H and O–H groups in total. The van der Waals surface area contributed by atoms with Gasteiger partial charge in [0.1, 0.15) is 6.61 Å². The summed E-state index contributed by atoms with van der Waals surface area (Å²) >= 11 is 0. The van der Waals surface area contributed by atoms with Gasteiger partial charge in [-0.3, -0.25) is 0 Å². The van der Waals surface area contributed by atoms with Crippen molar-refractivity contribution >= 4 is 6.21 Å². The number of hydrogen-bond donors (Lipinski definition) is 0. The van der Waals surface area contributed by atoms with Gasteiger partial charge < -0.3 is 4.84 Å². The van der Waals surface area contributed by atoms with E-state index in [1.54, 1.807) is 6.21 Å². The van der Waals surface area contributed by atoms with Crippen LogP contribution in [-0.4, -0.2) is 12.8 Å². The molecule has 0 aromatic heterocycles. The van der Waals surface area contributed by atoms with Gasteiger partial charge in [0.15, 0.2) is 0 Å². The van der Waals surface area contributed by atoms with E-state index in [-0.39, 0.29) is 0 Å². The molecule has 0 aromatic rings. The summed E-state index contributed by atoms with van der Waals surface area (Å²) < 4.78 is 0. The molecule has 0 aliphatic heterocycles. The molecule has 0 bridgehead atoms. The molecule has 0 heterocycles. The molecule has 0 aliphatic rings. The fourth-order valence-corrected chi connectivity index (χ4v) is 0.309. The summed E-state index contributed by atoms with van der Waals surface area (Å²) in [4.78, 5) is 4.86. The van der Waals surface area contributed by atoms with Gasteiger partial charge in [-0.05, 0) is 12.3 Å². The van der Waals surface area contributed by atoms with E-state index >= 15 is 0 Å². The van der Waals surface area contributed by atoms with Gasteiger partial charge in [-0.1, -0.05) is 25.9 Å². The Bertz CT molecular complexity index is 79.0. The third-order valence-electron chi connectivity index (χ3n) is 0.729. The summed E-state index contributed by atoms with van der Waals surface area (Å²) in [6.07, 6.45) is 2.82. The number of oxime groups is 1. The van der Waals surface area contributed by atoms with Crippen LogP contribution in [0.3, 0.4) is 0 Å². The Hall–Kier alpha value is -0.530. The first-order chi connectivity index (χ1) is 4.27. The van der Waals surface area contributed by atoms with Crippen LogP contribution >= 0.6 is 0 Å². The largest absolute Gasteiger partial charge is 0.396 e. The highest BCUT2D eigenvalue weighted by molar-refractivity contribution is 5.58. The molecule has 0 aromatic carbocycles. The second-order valence-corrected chi connectivity index (χ2v) is 2.33. The maximum atomic E-state index is 4.86. The topological polar surface area (TPSA) is 21.6 Å². The highest BCUT2D eigenvalue weighted by Gasteiger charge is 1.83. The monoisotopic (exact) mass is 129 g/mol. The molecule has 0 aliphatic carbocycles. The summed E-state index contributed by atoms with van der Waals surface area (Å²) in [6, 6.07) is 0. The number of rotatable bonds is 4. The van der Waals surface area contributed by atoms with Gasteiger partial charge >= 0.3 is 0 Å². The van der Waals surface area contributed by atoms with E-state index in [1.807, 2.05) is 0 Å². The fourth-order valence-electron chi connectivity index (χ4n) is 0.309. The van der Waals surface area contributed by atoms with Gasteiger partial charge in [-0.2, -0.15) is 0 Å². The van der Waals surface area contributed by atoms with Crippen LogP contribution in [0, 0.1) is 5.92 Å². The summed E-state index contributed by atoms with van der Waals surface area (Å²) in [5.41, 5.74) is 0. The standard InChI is InChI=1S/C7H15NO/c1-4-5-9-8-6-7(2)3/h6-7H,4-5H2,1-3H3. The maximum absolute atomic E-state index is 4.86. The van der Waals surface area contributed by atoms with Crippen molar-refractivity contribution < 1.29 is 4.84 Å². The second-order valence-electron chi connectivity index (χ2n) is 2.33. The lowest BCUT2D eigenvalue weighted by Crippen LogP contribution is -1.90. The SMILES string of the molecule is CCCON=CC(C)C. The highest BCUT2D eigenvalue weighted by atomic mass is 16.6. The van der Waals surface area contributed by atoms with Crippen LogP contribution in [0.2, 0.25) is 0 Å². The van der Waals surface area contributed by atoms with Gasteiger partial charge in [0.05, 0.1) is 0 Å². The first-order valence-electron chi connectivity index (χ1n) is 3.42. The van der Waals surface area contributed by atoms with Crippen molar-refractivity contribution in [1.29, 1.82) is 0 Å². The molecule has 0 fully saturated rings. The second kappa shape index (κ2) is 5.60. The molecule has 0 unspecified atom stereocenters. The highest BCUT2D eigenvalue weighted by Crippen LogP contribution is 1.86. The van der Waals surface area contributed by atoms with E-state index in [2.05, 4.69) is 25.9 Å². The van der Waals surface area contributed by atoms with Crippen LogP contribution in [0.15, 0.2) is 5.16 Å². The van der Waals surface area contributed by atoms with E-state index in [4.69, 9.17) is 4.84 Å². The summed E-state index contributed by atoms with van der Waals surface area (Å²) in [5, 5.41) is 3.74. The summed E-state index contributed by atoms with van der Waals surface area (Å²) in [5.74, 6) is 0.488. The van der Waals surface area contributed by atoms with Crippen molar-refractivity contribution in [3.05, 3.63) is 0 Å². The number of nitrogens with zero attached hydrogens (tertiary/aromatic N) is 1. The van der Waals surface area contributed by atoms with Crippen molar-refractivity contribution in [3.63, 3.8) is 0 Å². The van der Waals surface area contributed by atoms with Crippen molar-refractivity contribution in [1.82, 2.24) is 0 Å². The Labute approximate surface area is 56.9 Å². The fraction of sp³-hybridized carbons (Fsp3) is 0.857.